The number of benzene rings is 2. The maximum absolute atomic E-state index is 12.9. The van der Waals surface area contributed by atoms with Gasteiger partial charge in [0, 0.05) is 42.0 Å². The van der Waals surface area contributed by atoms with Gasteiger partial charge in [0.25, 0.3) is 5.03 Å². The molecule has 3 atom stereocenters. The second-order valence-electron chi connectivity index (χ2n) is 13.3. The van der Waals surface area contributed by atoms with Crippen LogP contribution in [-0.4, -0.2) is 28.5 Å². The molecule has 8 nitrogen and oxygen atoms in total. The number of pyridine rings is 1. The van der Waals surface area contributed by atoms with Crippen molar-refractivity contribution >= 4 is 17.8 Å². The van der Waals surface area contributed by atoms with E-state index in [9.17, 15) is 15.1 Å². The average Bonchev–Trinajstić information content (AvgIpc) is 3.03. The van der Waals surface area contributed by atoms with Gasteiger partial charge in [0.15, 0.2) is 12.5 Å². The molecular formula is C35H41N3O5S. The normalized spacial score (nSPS) is 30.7. The van der Waals surface area contributed by atoms with E-state index < -0.39 is 6.29 Å². The van der Waals surface area contributed by atoms with Crippen LogP contribution in [-0.2, 0) is 22.6 Å². The molecule has 2 aromatic carbocycles. The molecule has 4 aliphatic carbocycles. The summed E-state index contributed by atoms with van der Waals surface area (Å²) in [5.41, 5.74) is 3.78. The van der Waals surface area contributed by atoms with Gasteiger partial charge in [-0.15, -0.1) is 0 Å². The van der Waals surface area contributed by atoms with Gasteiger partial charge in [-0.1, -0.05) is 60.3 Å². The Bertz CT molecular complexity index is 1410. The summed E-state index contributed by atoms with van der Waals surface area (Å²) in [4.78, 5) is 12.9. The van der Waals surface area contributed by atoms with Gasteiger partial charge in [0.1, 0.15) is 0 Å². The Balaban J connectivity index is 0.989. The zero-order chi connectivity index (χ0) is 30.1. The molecular weight excluding hydrogens is 574 g/mol. The molecule has 5 aliphatic rings. The van der Waals surface area contributed by atoms with Crippen molar-refractivity contribution in [2.75, 3.05) is 5.75 Å². The van der Waals surface area contributed by atoms with Gasteiger partial charge < -0.3 is 30.4 Å². The highest BCUT2D eigenvalue weighted by Crippen LogP contribution is 2.55. The van der Waals surface area contributed by atoms with Gasteiger partial charge in [0.2, 0.25) is 0 Å². The van der Waals surface area contributed by atoms with Gasteiger partial charge in [-0.2, -0.15) is 4.73 Å². The summed E-state index contributed by atoms with van der Waals surface area (Å²) in [5, 5.41) is 28.8. The third kappa shape index (κ3) is 6.61. The van der Waals surface area contributed by atoms with Crippen LogP contribution >= 0.6 is 11.8 Å². The largest absolute Gasteiger partial charge is 0.618 e. The fourth-order valence-corrected chi connectivity index (χ4v) is 9.18. The van der Waals surface area contributed by atoms with Gasteiger partial charge >= 0.3 is 6.03 Å². The van der Waals surface area contributed by atoms with E-state index in [0.717, 1.165) is 64.0 Å². The van der Waals surface area contributed by atoms with E-state index in [1.54, 1.807) is 6.07 Å². The number of rotatable bonds is 9. The molecule has 5 fully saturated rings. The number of ether oxygens (including phenoxy) is 2. The van der Waals surface area contributed by atoms with Crippen LogP contribution in [0.4, 0.5) is 4.79 Å². The number of nitrogens with zero attached hydrogens (tertiary/aromatic N) is 1. The van der Waals surface area contributed by atoms with Crippen LogP contribution in [0.5, 0.6) is 0 Å². The van der Waals surface area contributed by atoms with Crippen LogP contribution in [0.2, 0.25) is 0 Å². The highest BCUT2D eigenvalue weighted by Gasteiger charge is 2.51. The lowest BCUT2D eigenvalue weighted by Gasteiger charge is -2.56. The summed E-state index contributed by atoms with van der Waals surface area (Å²) in [5.74, 6) is 2.98. The number of carbonyl (C=O) groups is 1. The zero-order valence-corrected chi connectivity index (χ0v) is 25.7. The molecule has 1 saturated heterocycles. The lowest BCUT2D eigenvalue weighted by Crippen LogP contribution is -2.61. The highest BCUT2D eigenvalue weighted by molar-refractivity contribution is 7.99. The monoisotopic (exact) mass is 615 g/mol. The predicted molar refractivity (Wildman–Crippen MR) is 167 cm³/mol. The number of carbonyl (C=O) groups excluding carboxylic acids is 1. The Morgan fingerprint density at radius 1 is 0.886 bits per heavy atom. The minimum Gasteiger partial charge on any atom is -0.618 e. The molecule has 4 saturated carbocycles. The fourth-order valence-electron chi connectivity index (χ4n) is 8.25. The van der Waals surface area contributed by atoms with Gasteiger partial charge in [-0.25, -0.2) is 4.79 Å². The molecule has 232 valence electrons. The Morgan fingerprint density at radius 3 is 2.20 bits per heavy atom. The fraction of sp³-hybridized carbons (Fsp3) is 0.486. The zero-order valence-electron chi connectivity index (χ0n) is 24.9. The third-order valence-corrected chi connectivity index (χ3v) is 11.1. The number of urea groups is 1. The first kappa shape index (κ1) is 29.6. The Kier molecular flexibility index (Phi) is 8.55. The van der Waals surface area contributed by atoms with Gasteiger partial charge in [-0.3, -0.25) is 0 Å². The first-order chi connectivity index (χ1) is 21.4. The molecule has 2 amide bonds. The second-order valence-corrected chi connectivity index (χ2v) is 14.3. The smallest absolute Gasteiger partial charge is 0.315 e. The van der Waals surface area contributed by atoms with Crippen molar-refractivity contribution < 1.29 is 24.1 Å². The minimum atomic E-state index is -0.576. The molecule has 1 aromatic heterocycles. The van der Waals surface area contributed by atoms with Crippen LogP contribution in [0.1, 0.15) is 79.6 Å². The average molecular weight is 616 g/mol. The van der Waals surface area contributed by atoms with Gasteiger partial charge in [0.05, 0.1) is 18.8 Å². The third-order valence-electron chi connectivity index (χ3n) is 9.94. The Labute approximate surface area is 263 Å². The number of nitrogens with one attached hydrogen (secondary N) is 2. The molecule has 4 bridgehead atoms. The molecule has 2 heterocycles. The lowest BCUT2D eigenvalue weighted by atomic mass is 9.53. The van der Waals surface area contributed by atoms with Crippen molar-refractivity contribution in [2.24, 2.45) is 17.8 Å². The number of thioether (sulfide) groups is 1. The Hall–Kier alpha value is -3.11. The first-order valence-electron chi connectivity index (χ1n) is 15.9. The van der Waals surface area contributed by atoms with Crippen molar-refractivity contribution in [2.45, 2.75) is 87.2 Å². The minimum absolute atomic E-state index is 0.00338. The molecule has 0 unspecified atom stereocenters. The summed E-state index contributed by atoms with van der Waals surface area (Å²) >= 11 is 1.48. The molecule has 3 N–H and O–H groups in total. The predicted octanol–water partition coefficient (Wildman–Crippen LogP) is 5.92. The van der Waals surface area contributed by atoms with Crippen LogP contribution in [0.25, 0.3) is 0 Å². The quantitative estimate of drug-likeness (QED) is 0.157. The molecule has 44 heavy (non-hydrogen) atoms. The van der Waals surface area contributed by atoms with Crippen molar-refractivity contribution in [3.05, 3.63) is 100 Å². The summed E-state index contributed by atoms with van der Waals surface area (Å²) in [6, 6.07) is 21.2. The highest BCUT2D eigenvalue weighted by atomic mass is 32.2. The van der Waals surface area contributed by atoms with Crippen molar-refractivity contribution in [3.63, 3.8) is 0 Å². The van der Waals surface area contributed by atoms with E-state index in [4.69, 9.17) is 9.47 Å². The summed E-state index contributed by atoms with van der Waals surface area (Å²) in [6.45, 7) is 0.449. The van der Waals surface area contributed by atoms with Crippen molar-refractivity contribution in [3.8, 4) is 0 Å². The number of aliphatic hydroxyl groups excluding tert-OH is 1. The van der Waals surface area contributed by atoms with E-state index in [0.29, 0.717) is 23.7 Å². The van der Waals surface area contributed by atoms with Crippen LogP contribution < -0.4 is 15.4 Å². The molecule has 1 aliphatic heterocycles. The molecule has 0 radical (unpaired) electrons. The van der Waals surface area contributed by atoms with E-state index in [1.165, 1.54) is 37.2 Å². The van der Waals surface area contributed by atoms with Crippen LogP contribution in [0.3, 0.4) is 0 Å². The summed E-state index contributed by atoms with van der Waals surface area (Å²) in [7, 11) is 0. The molecule has 0 spiro atoms. The molecule has 3 aromatic rings. The first-order valence-corrected chi connectivity index (χ1v) is 16.9. The molecule has 8 rings (SSSR count). The second kappa shape index (κ2) is 12.7. The van der Waals surface area contributed by atoms with Gasteiger partial charge in [-0.05, 0) is 79.0 Å². The van der Waals surface area contributed by atoms with E-state index >= 15 is 0 Å². The maximum atomic E-state index is 12.9. The Morgan fingerprint density at radius 2 is 1.55 bits per heavy atom. The number of amides is 2. The summed E-state index contributed by atoms with van der Waals surface area (Å²) in [6.07, 6.45) is 8.71. The standard InChI is InChI=1S/C35H41N3O5S/c39-21-24-6-8-28(9-7-24)31-16-30(22-44-32-3-1-2-12-38(32)41)42-33(43-31)29-10-4-23(5-11-29)20-36-34(40)37-35-17-25-13-26(18-35)15-27(14-25)19-35/h1-12,25-27,30-31,33,39H,13-22H2,(H2,36,37,40)/t25?,26?,27?,30-,31+,33+,35?/m0/s1. The summed E-state index contributed by atoms with van der Waals surface area (Å²) < 4.78 is 13.8. The van der Waals surface area contributed by atoms with E-state index in [1.807, 2.05) is 60.7 Å². The topological polar surface area (TPSA) is 107 Å². The van der Waals surface area contributed by atoms with Crippen molar-refractivity contribution in [1.29, 1.82) is 0 Å². The number of aliphatic hydroxyl groups is 1. The maximum Gasteiger partial charge on any atom is 0.315 e. The number of hydrogen-bond donors (Lipinski definition) is 3. The van der Waals surface area contributed by atoms with Crippen LogP contribution in [0.15, 0.2) is 78.0 Å². The number of hydrogen-bond acceptors (Lipinski definition) is 6. The van der Waals surface area contributed by atoms with Crippen molar-refractivity contribution in [1.82, 2.24) is 10.6 Å². The van der Waals surface area contributed by atoms with E-state index in [-0.39, 0.29) is 30.4 Å². The number of aromatic nitrogens is 1. The lowest BCUT2D eigenvalue weighted by molar-refractivity contribution is -0.645. The molecule has 9 heteroatoms. The van der Waals surface area contributed by atoms with E-state index in [2.05, 4.69) is 10.6 Å². The van der Waals surface area contributed by atoms with Crippen LogP contribution in [0, 0.1) is 23.0 Å². The SMILES string of the molecule is O=C(NCc1ccc([C@@H]2O[C@H](CSc3cccc[n+]3[O-])C[C@H](c3ccc(CO)cc3)O2)cc1)NC12CC3CC(CC(C3)C1)C2.